The smallest absolute Gasteiger partial charge is 0.161 e. The third-order valence-electron chi connectivity index (χ3n) is 12.2. The standard InChI is InChI=1S/C58H37N3/c1-3-15-39(16-4-1)45-21-11-12-24-48(45)54-37-53(59-58(60-54)57-47-23-10-8-18-43(47)35-52-46-22-9-7-17-40(46)31-34-51(52)57)41-29-27-38(28-30-41)42-32-33-50-49-25-13-14-26-55(49)61(56(50)36-42)44-19-5-2-6-20-44/h1-37H. The molecule has 12 rings (SSSR count). The van der Waals surface area contributed by atoms with Gasteiger partial charge in [-0.25, -0.2) is 9.97 Å². The predicted octanol–water partition coefficient (Wildman–Crippen LogP) is 15.4. The molecule has 0 N–H and O–H groups in total. The Hall–Kier alpha value is -8.14. The van der Waals surface area contributed by atoms with E-state index < -0.39 is 0 Å². The van der Waals surface area contributed by atoms with Gasteiger partial charge in [-0.05, 0) is 91.0 Å². The molecule has 10 aromatic carbocycles. The van der Waals surface area contributed by atoms with Gasteiger partial charge in [0.2, 0.25) is 0 Å². The first kappa shape index (κ1) is 34.9. The Balaban J connectivity index is 1.05. The first-order valence-electron chi connectivity index (χ1n) is 20.8. The minimum atomic E-state index is 0.704. The van der Waals surface area contributed by atoms with Crippen LogP contribution in [0.25, 0.3) is 116 Å². The molecule has 284 valence electrons. The SMILES string of the molecule is c1ccc(-c2ccccc2-c2cc(-c3ccc(-c4ccc5c6ccccc6n(-c6ccccc6)c5c4)cc3)nc(-c3c4ccccc4cc4c3ccc3ccccc34)n2)cc1. The van der Waals surface area contributed by atoms with Gasteiger partial charge in [-0.2, -0.15) is 0 Å². The van der Waals surface area contributed by atoms with Gasteiger partial charge in [-0.15, -0.1) is 0 Å². The quantitative estimate of drug-likeness (QED) is 0.124. The Labute approximate surface area is 353 Å². The number of nitrogens with zero attached hydrogens (tertiary/aromatic N) is 3. The zero-order valence-corrected chi connectivity index (χ0v) is 33.2. The molecule has 0 spiro atoms. The van der Waals surface area contributed by atoms with Crippen molar-refractivity contribution in [2.75, 3.05) is 0 Å². The minimum Gasteiger partial charge on any atom is -0.309 e. The number of hydrogen-bond donors (Lipinski definition) is 0. The highest BCUT2D eigenvalue weighted by Gasteiger charge is 2.19. The van der Waals surface area contributed by atoms with Crippen LogP contribution in [0.1, 0.15) is 0 Å². The van der Waals surface area contributed by atoms with Crippen LogP contribution in [0.2, 0.25) is 0 Å². The molecule has 61 heavy (non-hydrogen) atoms. The van der Waals surface area contributed by atoms with E-state index in [0.29, 0.717) is 5.82 Å². The second-order valence-corrected chi connectivity index (χ2v) is 15.7. The van der Waals surface area contributed by atoms with Gasteiger partial charge >= 0.3 is 0 Å². The summed E-state index contributed by atoms with van der Waals surface area (Å²) in [6.45, 7) is 0. The molecule has 0 fully saturated rings. The topological polar surface area (TPSA) is 30.7 Å². The lowest BCUT2D eigenvalue weighted by atomic mass is 9.92. The van der Waals surface area contributed by atoms with E-state index in [4.69, 9.17) is 9.97 Å². The second kappa shape index (κ2) is 14.3. The van der Waals surface area contributed by atoms with Crippen LogP contribution in [0.5, 0.6) is 0 Å². The van der Waals surface area contributed by atoms with Gasteiger partial charge in [0.15, 0.2) is 5.82 Å². The largest absolute Gasteiger partial charge is 0.309 e. The number of hydrogen-bond acceptors (Lipinski definition) is 2. The third-order valence-corrected chi connectivity index (χ3v) is 12.2. The van der Waals surface area contributed by atoms with Gasteiger partial charge in [0.05, 0.1) is 22.4 Å². The molecule has 12 aromatic rings. The summed E-state index contributed by atoms with van der Waals surface area (Å²) in [6, 6.07) is 80.4. The highest BCUT2D eigenvalue weighted by Crippen LogP contribution is 2.41. The molecule has 3 nitrogen and oxygen atoms in total. The van der Waals surface area contributed by atoms with Crippen molar-refractivity contribution in [1.82, 2.24) is 14.5 Å². The molecule has 3 heteroatoms. The van der Waals surface area contributed by atoms with Crippen molar-refractivity contribution < 1.29 is 0 Å². The molecule has 0 saturated carbocycles. The van der Waals surface area contributed by atoms with Crippen LogP contribution in [0.4, 0.5) is 0 Å². The van der Waals surface area contributed by atoms with E-state index in [0.717, 1.165) is 72.2 Å². The van der Waals surface area contributed by atoms with Gasteiger partial charge in [0.1, 0.15) is 0 Å². The summed E-state index contributed by atoms with van der Waals surface area (Å²) >= 11 is 0. The maximum absolute atomic E-state index is 5.50. The zero-order valence-electron chi connectivity index (χ0n) is 33.2. The Kier molecular flexibility index (Phi) is 8.17. The molecular formula is C58H37N3. The van der Waals surface area contributed by atoms with Gasteiger partial charge < -0.3 is 4.57 Å². The van der Waals surface area contributed by atoms with Crippen LogP contribution in [0.3, 0.4) is 0 Å². The Bertz CT molecular complexity index is 3620. The fraction of sp³-hybridized carbons (Fsp3) is 0. The summed E-state index contributed by atoms with van der Waals surface area (Å²) in [5.41, 5.74) is 13.0. The zero-order chi connectivity index (χ0) is 40.3. The first-order valence-corrected chi connectivity index (χ1v) is 20.8. The van der Waals surface area contributed by atoms with Crippen LogP contribution in [0, 0.1) is 0 Å². The average molecular weight is 776 g/mol. The molecule has 2 aromatic heterocycles. The van der Waals surface area contributed by atoms with Crippen molar-refractivity contribution in [3.8, 4) is 61.8 Å². The van der Waals surface area contributed by atoms with Crippen LogP contribution >= 0.6 is 0 Å². The maximum Gasteiger partial charge on any atom is 0.161 e. The van der Waals surface area contributed by atoms with E-state index in [1.807, 2.05) is 0 Å². The second-order valence-electron chi connectivity index (χ2n) is 15.7. The Morgan fingerprint density at radius 2 is 0.885 bits per heavy atom. The summed E-state index contributed by atoms with van der Waals surface area (Å²) in [5.74, 6) is 0.704. The molecule has 0 aliphatic carbocycles. The lowest BCUT2D eigenvalue weighted by molar-refractivity contribution is 1.18. The Morgan fingerprint density at radius 1 is 0.295 bits per heavy atom. The summed E-state index contributed by atoms with van der Waals surface area (Å²) in [7, 11) is 0. The third kappa shape index (κ3) is 5.90. The molecule has 0 radical (unpaired) electrons. The fourth-order valence-electron chi connectivity index (χ4n) is 9.32. The molecule has 0 atom stereocenters. The van der Waals surface area contributed by atoms with Gasteiger partial charge in [-0.1, -0.05) is 188 Å². The number of rotatable bonds is 6. The highest BCUT2D eigenvalue weighted by molar-refractivity contribution is 6.19. The van der Waals surface area contributed by atoms with Crippen molar-refractivity contribution in [3.05, 3.63) is 224 Å². The molecule has 0 saturated heterocycles. The number of fused-ring (bicyclic) bond motifs is 7. The molecule has 0 bridgehead atoms. The summed E-state index contributed by atoms with van der Waals surface area (Å²) in [4.78, 5) is 11.0. The number of aromatic nitrogens is 3. The van der Waals surface area contributed by atoms with E-state index in [2.05, 4.69) is 229 Å². The minimum absolute atomic E-state index is 0.704. The van der Waals surface area contributed by atoms with E-state index in [9.17, 15) is 0 Å². The van der Waals surface area contributed by atoms with E-state index >= 15 is 0 Å². The number of benzene rings is 10. The van der Waals surface area contributed by atoms with Crippen molar-refractivity contribution in [3.63, 3.8) is 0 Å². The van der Waals surface area contributed by atoms with Crippen molar-refractivity contribution in [2.24, 2.45) is 0 Å². The van der Waals surface area contributed by atoms with E-state index in [1.165, 1.54) is 38.0 Å². The summed E-state index contributed by atoms with van der Waals surface area (Å²) in [5, 5.41) is 9.54. The lowest BCUT2D eigenvalue weighted by Gasteiger charge is -2.16. The summed E-state index contributed by atoms with van der Waals surface area (Å²) in [6.07, 6.45) is 0. The lowest BCUT2D eigenvalue weighted by Crippen LogP contribution is -1.98. The van der Waals surface area contributed by atoms with Crippen molar-refractivity contribution >= 4 is 54.1 Å². The number of para-hydroxylation sites is 2. The fourth-order valence-corrected chi connectivity index (χ4v) is 9.32. The first-order chi connectivity index (χ1) is 30.2. The summed E-state index contributed by atoms with van der Waals surface area (Å²) < 4.78 is 2.37. The molecule has 0 aliphatic heterocycles. The van der Waals surface area contributed by atoms with Gasteiger partial charge in [-0.3, -0.25) is 0 Å². The van der Waals surface area contributed by atoms with Crippen molar-refractivity contribution in [1.29, 1.82) is 0 Å². The maximum atomic E-state index is 5.50. The Morgan fingerprint density at radius 3 is 1.70 bits per heavy atom. The van der Waals surface area contributed by atoms with E-state index in [-0.39, 0.29) is 0 Å². The van der Waals surface area contributed by atoms with Crippen LogP contribution in [-0.2, 0) is 0 Å². The van der Waals surface area contributed by atoms with Crippen LogP contribution in [-0.4, -0.2) is 14.5 Å². The van der Waals surface area contributed by atoms with E-state index in [1.54, 1.807) is 0 Å². The molecule has 0 unspecified atom stereocenters. The van der Waals surface area contributed by atoms with Gasteiger partial charge in [0, 0.05) is 33.2 Å². The van der Waals surface area contributed by atoms with Crippen LogP contribution in [0.15, 0.2) is 224 Å². The molecule has 0 amide bonds. The van der Waals surface area contributed by atoms with Crippen molar-refractivity contribution in [2.45, 2.75) is 0 Å². The molecule has 2 heterocycles. The molecule has 0 aliphatic rings. The normalized spacial score (nSPS) is 11.6. The molecular weight excluding hydrogens is 739 g/mol. The average Bonchev–Trinajstić information content (AvgIpc) is 3.67. The van der Waals surface area contributed by atoms with Crippen LogP contribution < -0.4 is 0 Å². The predicted molar refractivity (Wildman–Crippen MR) is 256 cm³/mol. The van der Waals surface area contributed by atoms with Gasteiger partial charge in [0.25, 0.3) is 0 Å². The highest BCUT2D eigenvalue weighted by atomic mass is 15.0. The monoisotopic (exact) mass is 775 g/mol.